The van der Waals surface area contributed by atoms with E-state index in [9.17, 15) is 9.90 Å². The Labute approximate surface area is 117 Å². The van der Waals surface area contributed by atoms with Crippen LogP contribution in [-0.4, -0.2) is 42.7 Å². The Morgan fingerprint density at radius 3 is 2.89 bits per heavy atom. The van der Waals surface area contributed by atoms with Crippen molar-refractivity contribution >= 4 is 17.5 Å². The van der Waals surface area contributed by atoms with Crippen LogP contribution in [0.3, 0.4) is 0 Å². The Balaban J connectivity index is 2.09. The van der Waals surface area contributed by atoms with E-state index in [0.717, 1.165) is 6.42 Å². The predicted molar refractivity (Wildman–Crippen MR) is 73.6 cm³/mol. The molecule has 2 rings (SSSR count). The number of hydrogen-bond donors (Lipinski definition) is 1. The van der Waals surface area contributed by atoms with Gasteiger partial charge in [-0.15, -0.1) is 0 Å². The van der Waals surface area contributed by atoms with E-state index in [1.807, 2.05) is 6.08 Å². The minimum absolute atomic E-state index is 0.0795. The molecule has 4 nitrogen and oxygen atoms in total. The van der Waals surface area contributed by atoms with E-state index in [1.54, 1.807) is 24.1 Å². The summed E-state index contributed by atoms with van der Waals surface area (Å²) in [6.07, 6.45) is 2.80. The summed E-state index contributed by atoms with van der Waals surface area (Å²) < 4.78 is 5.07. The van der Waals surface area contributed by atoms with Crippen molar-refractivity contribution in [1.29, 1.82) is 0 Å². The van der Waals surface area contributed by atoms with Crippen LogP contribution >= 0.6 is 11.6 Å². The fourth-order valence-electron chi connectivity index (χ4n) is 2.07. The van der Waals surface area contributed by atoms with Gasteiger partial charge in [-0.1, -0.05) is 17.7 Å². The van der Waals surface area contributed by atoms with Crippen LogP contribution in [0.1, 0.15) is 16.8 Å². The van der Waals surface area contributed by atoms with Gasteiger partial charge in [0.2, 0.25) is 0 Å². The Morgan fingerprint density at radius 1 is 1.53 bits per heavy atom. The normalized spacial score (nSPS) is 15.3. The molecule has 0 saturated heterocycles. The van der Waals surface area contributed by atoms with Crippen LogP contribution < -0.4 is 0 Å². The molecule has 0 unspecified atom stereocenters. The second kappa shape index (κ2) is 6.08. The van der Waals surface area contributed by atoms with Gasteiger partial charge in [0.05, 0.1) is 12.2 Å². The SMILES string of the molecule is COCC1=CCN(C(=O)c2ccc(Cl)cc2O)CC1. The summed E-state index contributed by atoms with van der Waals surface area (Å²) in [4.78, 5) is 14.0. The second-order valence-electron chi connectivity index (χ2n) is 4.46. The fourth-order valence-corrected chi connectivity index (χ4v) is 2.23. The van der Waals surface area contributed by atoms with Crippen LogP contribution in [-0.2, 0) is 4.74 Å². The molecule has 0 radical (unpaired) electrons. The van der Waals surface area contributed by atoms with Crippen molar-refractivity contribution in [3.8, 4) is 5.75 Å². The molecule has 5 heteroatoms. The van der Waals surface area contributed by atoms with Crippen molar-refractivity contribution in [2.45, 2.75) is 6.42 Å². The number of hydrogen-bond acceptors (Lipinski definition) is 3. The molecule has 0 aromatic heterocycles. The Hall–Kier alpha value is -1.52. The predicted octanol–water partition coefficient (Wildman–Crippen LogP) is 2.46. The number of phenolic OH excluding ortho intramolecular Hbond substituents is 1. The summed E-state index contributed by atoms with van der Waals surface area (Å²) in [7, 11) is 1.66. The molecule has 1 amide bonds. The summed E-state index contributed by atoms with van der Waals surface area (Å²) in [5, 5.41) is 10.2. The standard InChI is InChI=1S/C14H16ClNO3/c1-19-9-10-4-6-16(7-5-10)14(18)12-3-2-11(15)8-13(12)17/h2-4,8,17H,5-7,9H2,1H3. The number of amides is 1. The van der Waals surface area contributed by atoms with E-state index < -0.39 is 0 Å². The highest BCUT2D eigenvalue weighted by Crippen LogP contribution is 2.24. The zero-order chi connectivity index (χ0) is 13.8. The van der Waals surface area contributed by atoms with Crippen molar-refractivity contribution < 1.29 is 14.6 Å². The van der Waals surface area contributed by atoms with Gasteiger partial charge >= 0.3 is 0 Å². The molecule has 0 saturated carbocycles. The van der Waals surface area contributed by atoms with E-state index >= 15 is 0 Å². The minimum atomic E-state index is -0.179. The summed E-state index contributed by atoms with van der Waals surface area (Å²) >= 11 is 5.75. The first kappa shape index (κ1) is 13.9. The number of carbonyl (C=O) groups is 1. The number of benzene rings is 1. The maximum absolute atomic E-state index is 12.3. The molecule has 0 atom stereocenters. The third-order valence-corrected chi connectivity index (χ3v) is 3.35. The Kier molecular flexibility index (Phi) is 4.45. The monoisotopic (exact) mass is 281 g/mol. The molecule has 1 aliphatic heterocycles. The first-order valence-corrected chi connectivity index (χ1v) is 6.44. The van der Waals surface area contributed by atoms with Crippen molar-refractivity contribution in [3.63, 3.8) is 0 Å². The summed E-state index contributed by atoms with van der Waals surface area (Å²) in [6, 6.07) is 4.53. The maximum atomic E-state index is 12.3. The van der Waals surface area contributed by atoms with Gasteiger partial charge in [0.25, 0.3) is 5.91 Å². The second-order valence-corrected chi connectivity index (χ2v) is 4.89. The third-order valence-electron chi connectivity index (χ3n) is 3.11. The number of phenols is 1. The van der Waals surface area contributed by atoms with Crippen LogP contribution in [0, 0.1) is 0 Å². The topological polar surface area (TPSA) is 49.8 Å². The lowest BCUT2D eigenvalue weighted by Gasteiger charge is -2.26. The molecule has 1 N–H and O–H groups in total. The molecule has 0 spiro atoms. The van der Waals surface area contributed by atoms with Crippen molar-refractivity contribution in [2.24, 2.45) is 0 Å². The van der Waals surface area contributed by atoms with Gasteiger partial charge in [0, 0.05) is 25.2 Å². The number of carbonyl (C=O) groups excluding carboxylic acids is 1. The van der Waals surface area contributed by atoms with Crippen LogP contribution in [0.4, 0.5) is 0 Å². The van der Waals surface area contributed by atoms with Gasteiger partial charge in [-0.2, -0.15) is 0 Å². The minimum Gasteiger partial charge on any atom is -0.507 e. The molecular weight excluding hydrogens is 266 g/mol. The third kappa shape index (κ3) is 3.28. The molecule has 102 valence electrons. The molecule has 1 aromatic rings. The highest BCUT2D eigenvalue weighted by atomic mass is 35.5. The summed E-state index contributed by atoms with van der Waals surface area (Å²) in [5.74, 6) is -0.258. The van der Waals surface area contributed by atoms with E-state index in [2.05, 4.69) is 0 Å². The van der Waals surface area contributed by atoms with Gasteiger partial charge in [0.15, 0.2) is 0 Å². The molecular formula is C14H16ClNO3. The van der Waals surface area contributed by atoms with E-state index in [1.165, 1.54) is 11.6 Å². The molecule has 0 fully saturated rings. The lowest BCUT2D eigenvalue weighted by Crippen LogP contribution is -2.35. The van der Waals surface area contributed by atoms with Gasteiger partial charge in [-0.25, -0.2) is 0 Å². The maximum Gasteiger partial charge on any atom is 0.257 e. The molecule has 1 aromatic carbocycles. The van der Waals surface area contributed by atoms with Gasteiger partial charge in [0.1, 0.15) is 5.75 Å². The molecule has 1 heterocycles. The molecule has 19 heavy (non-hydrogen) atoms. The van der Waals surface area contributed by atoms with Crippen LogP contribution in [0.5, 0.6) is 5.75 Å². The number of ether oxygens (including phenoxy) is 1. The van der Waals surface area contributed by atoms with E-state index in [-0.39, 0.29) is 17.2 Å². The lowest BCUT2D eigenvalue weighted by molar-refractivity contribution is 0.0762. The van der Waals surface area contributed by atoms with Crippen molar-refractivity contribution in [2.75, 3.05) is 26.8 Å². The van der Waals surface area contributed by atoms with Crippen LogP contribution in [0.2, 0.25) is 5.02 Å². The van der Waals surface area contributed by atoms with Crippen LogP contribution in [0.25, 0.3) is 0 Å². The molecule has 0 bridgehead atoms. The first-order chi connectivity index (χ1) is 9.11. The van der Waals surface area contributed by atoms with Gasteiger partial charge in [-0.3, -0.25) is 4.79 Å². The highest BCUT2D eigenvalue weighted by Gasteiger charge is 2.21. The number of nitrogens with zero attached hydrogens (tertiary/aromatic N) is 1. The first-order valence-electron chi connectivity index (χ1n) is 6.06. The average molecular weight is 282 g/mol. The number of methoxy groups -OCH3 is 1. The number of rotatable bonds is 3. The van der Waals surface area contributed by atoms with Gasteiger partial charge < -0.3 is 14.7 Å². The summed E-state index contributed by atoms with van der Waals surface area (Å²) in [5.41, 5.74) is 1.49. The number of aromatic hydroxyl groups is 1. The van der Waals surface area contributed by atoms with Gasteiger partial charge in [-0.05, 0) is 30.2 Å². The van der Waals surface area contributed by atoms with Crippen molar-refractivity contribution in [3.05, 3.63) is 40.4 Å². The average Bonchev–Trinajstić information content (AvgIpc) is 2.39. The largest absolute Gasteiger partial charge is 0.507 e. The van der Waals surface area contributed by atoms with E-state index in [4.69, 9.17) is 16.3 Å². The smallest absolute Gasteiger partial charge is 0.257 e. The zero-order valence-corrected chi connectivity index (χ0v) is 11.5. The molecule has 1 aliphatic rings. The Morgan fingerprint density at radius 2 is 2.32 bits per heavy atom. The Bertz CT molecular complexity index is 513. The fraction of sp³-hybridized carbons (Fsp3) is 0.357. The van der Waals surface area contributed by atoms with Crippen LogP contribution in [0.15, 0.2) is 29.8 Å². The van der Waals surface area contributed by atoms with E-state index in [0.29, 0.717) is 24.7 Å². The molecule has 0 aliphatic carbocycles. The lowest BCUT2D eigenvalue weighted by atomic mass is 10.1. The van der Waals surface area contributed by atoms with Crippen molar-refractivity contribution in [1.82, 2.24) is 4.90 Å². The highest BCUT2D eigenvalue weighted by molar-refractivity contribution is 6.30. The summed E-state index contributed by atoms with van der Waals surface area (Å²) in [6.45, 7) is 1.78. The number of halogens is 1. The quantitative estimate of drug-likeness (QED) is 0.866. The zero-order valence-electron chi connectivity index (χ0n) is 10.7.